The number of hydrogen-bond donors (Lipinski definition) is 0. The standard InChI is InChI=1S/C14H14N2O5S2/c1-8(17)15-14-16(10-5-23(18,19)6-13(10)22-14)9-2-3-11-12(4-9)21-7-20-11/h2-4,10,13H,5-7H2,1H3/t10-,13-/m0/s1. The van der Waals surface area contributed by atoms with E-state index in [1.54, 1.807) is 12.1 Å². The first-order valence-electron chi connectivity index (χ1n) is 7.08. The molecule has 1 aromatic carbocycles. The SMILES string of the molecule is CC(=O)N=C1S[C@H]2CS(=O)(=O)C[C@@H]2N1c1ccc2c(c1)OCO2. The van der Waals surface area contributed by atoms with Crippen molar-refractivity contribution in [2.45, 2.75) is 18.2 Å². The fourth-order valence-corrected chi connectivity index (χ4v) is 6.99. The van der Waals surface area contributed by atoms with E-state index in [1.165, 1.54) is 18.7 Å². The largest absolute Gasteiger partial charge is 0.454 e. The highest BCUT2D eigenvalue weighted by atomic mass is 32.2. The molecule has 7 nitrogen and oxygen atoms in total. The Kier molecular flexibility index (Phi) is 3.31. The van der Waals surface area contributed by atoms with Crippen LogP contribution < -0.4 is 14.4 Å². The number of thioether (sulfide) groups is 1. The van der Waals surface area contributed by atoms with E-state index in [4.69, 9.17) is 9.47 Å². The van der Waals surface area contributed by atoms with Gasteiger partial charge in [0.15, 0.2) is 26.5 Å². The molecule has 0 spiro atoms. The number of aliphatic imine (C=N–C) groups is 1. The van der Waals surface area contributed by atoms with E-state index in [0.717, 1.165) is 5.69 Å². The number of ether oxygens (including phenoxy) is 2. The van der Waals surface area contributed by atoms with Gasteiger partial charge in [-0.15, -0.1) is 0 Å². The summed E-state index contributed by atoms with van der Waals surface area (Å²) >= 11 is 1.35. The normalized spacial score (nSPS) is 29.1. The Morgan fingerprint density at radius 2 is 2.09 bits per heavy atom. The monoisotopic (exact) mass is 354 g/mol. The molecule has 0 radical (unpaired) electrons. The highest BCUT2D eigenvalue weighted by Crippen LogP contribution is 2.43. The zero-order chi connectivity index (χ0) is 16.2. The Labute approximate surface area is 137 Å². The number of amidine groups is 1. The minimum absolute atomic E-state index is 0.0655. The molecule has 1 aromatic rings. The number of carbonyl (C=O) groups is 1. The summed E-state index contributed by atoms with van der Waals surface area (Å²) < 4.78 is 34.6. The predicted molar refractivity (Wildman–Crippen MR) is 87.0 cm³/mol. The third kappa shape index (κ3) is 2.57. The molecule has 23 heavy (non-hydrogen) atoms. The van der Waals surface area contributed by atoms with Crippen LogP contribution in [-0.2, 0) is 14.6 Å². The maximum absolute atomic E-state index is 11.9. The Hall–Kier alpha value is -1.74. The third-order valence-electron chi connectivity index (χ3n) is 3.95. The number of hydrogen-bond acceptors (Lipinski definition) is 6. The van der Waals surface area contributed by atoms with Gasteiger partial charge in [0.1, 0.15) is 0 Å². The van der Waals surface area contributed by atoms with E-state index in [9.17, 15) is 13.2 Å². The molecule has 9 heteroatoms. The Bertz CT molecular complexity index is 820. The van der Waals surface area contributed by atoms with E-state index in [2.05, 4.69) is 4.99 Å². The third-order valence-corrected chi connectivity index (χ3v) is 7.16. The molecular weight excluding hydrogens is 340 g/mol. The highest BCUT2D eigenvalue weighted by molar-refractivity contribution is 8.16. The Morgan fingerprint density at radius 3 is 2.87 bits per heavy atom. The maximum Gasteiger partial charge on any atom is 0.244 e. The van der Waals surface area contributed by atoms with Crippen molar-refractivity contribution in [2.75, 3.05) is 23.2 Å². The van der Waals surface area contributed by atoms with E-state index in [1.807, 2.05) is 11.0 Å². The van der Waals surface area contributed by atoms with Crippen LogP contribution in [0, 0.1) is 0 Å². The molecule has 0 bridgehead atoms. The van der Waals surface area contributed by atoms with Gasteiger partial charge in [0.2, 0.25) is 12.7 Å². The van der Waals surface area contributed by atoms with E-state index >= 15 is 0 Å². The second-order valence-corrected chi connectivity index (χ2v) is 8.98. The van der Waals surface area contributed by atoms with Gasteiger partial charge in [0.25, 0.3) is 0 Å². The molecule has 0 saturated carbocycles. The summed E-state index contributed by atoms with van der Waals surface area (Å²) in [5, 5.41) is 0.435. The second-order valence-electron chi connectivity index (χ2n) is 5.62. The van der Waals surface area contributed by atoms with E-state index < -0.39 is 9.84 Å². The number of carbonyl (C=O) groups excluding carboxylic acids is 1. The summed E-state index contributed by atoms with van der Waals surface area (Å²) in [5.41, 5.74) is 0.756. The molecule has 122 valence electrons. The van der Waals surface area contributed by atoms with Crippen molar-refractivity contribution in [3.63, 3.8) is 0 Å². The molecule has 2 saturated heterocycles. The molecule has 3 heterocycles. The first kappa shape index (κ1) is 14.8. The van der Waals surface area contributed by atoms with Crippen molar-refractivity contribution in [3.05, 3.63) is 18.2 Å². The van der Waals surface area contributed by atoms with Crippen LogP contribution in [0.25, 0.3) is 0 Å². The van der Waals surface area contributed by atoms with Crippen molar-refractivity contribution in [1.82, 2.24) is 0 Å². The number of sulfone groups is 1. The molecule has 0 unspecified atom stereocenters. The average Bonchev–Trinajstić information content (AvgIpc) is 3.09. The predicted octanol–water partition coefficient (Wildman–Crippen LogP) is 1.04. The molecule has 0 aromatic heterocycles. The van der Waals surface area contributed by atoms with Crippen LogP contribution in [0.5, 0.6) is 11.5 Å². The summed E-state index contributed by atoms with van der Waals surface area (Å²) in [5.74, 6) is 1.14. The fourth-order valence-electron chi connectivity index (χ4n) is 3.04. The van der Waals surface area contributed by atoms with Crippen molar-refractivity contribution >= 4 is 38.4 Å². The Balaban J connectivity index is 1.77. The molecule has 3 aliphatic heterocycles. The van der Waals surface area contributed by atoms with Crippen LogP contribution >= 0.6 is 11.8 Å². The summed E-state index contributed by atoms with van der Waals surface area (Å²) in [4.78, 5) is 17.3. The lowest BCUT2D eigenvalue weighted by Crippen LogP contribution is -2.37. The Morgan fingerprint density at radius 1 is 1.30 bits per heavy atom. The lowest BCUT2D eigenvalue weighted by molar-refractivity contribution is -0.115. The van der Waals surface area contributed by atoms with Crippen LogP contribution in [-0.4, -0.2) is 49.1 Å². The van der Waals surface area contributed by atoms with Crippen LogP contribution in [0.3, 0.4) is 0 Å². The minimum atomic E-state index is -3.07. The van der Waals surface area contributed by atoms with Crippen molar-refractivity contribution in [3.8, 4) is 11.5 Å². The van der Waals surface area contributed by atoms with E-state index in [0.29, 0.717) is 16.7 Å². The maximum atomic E-state index is 11.9. The van der Waals surface area contributed by atoms with Gasteiger partial charge < -0.3 is 14.4 Å². The van der Waals surface area contributed by atoms with Crippen molar-refractivity contribution in [2.24, 2.45) is 4.99 Å². The zero-order valence-electron chi connectivity index (χ0n) is 12.3. The number of fused-ring (bicyclic) bond motifs is 2. The number of benzene rings is 1. The summed E-state index contributed by atoms with van der Waals surface area (Å²) in [6.45, 7) is 1.55. The summed E-state index contributed by atoms with van der Waals surface area (Å²) in [6.07, 6.45) is 0. The topological polar surface area (TPSA) is 85.3 Å². The highest BCUT2D eigenvalue weighted by Gasteiger charge is 2.49. The lowest BCUT2D eigenvalue weighted by atomic mass is 10.2. The molecular formula is C14H14N2O5S2. The molecule has 0 N–H and O–H groups in total. The molecule has 2 fully saturated rings. The summed E-state index contributed by atoms with van der Waals surface area (Å²) in [7, 11) is -3.07. The number of anilines is 1. The first-order chi connectivity index (χ1) is 10.9. The van der Waals surface area contributed by atoms with Crippen molar-refractivity contribution < 1.29 is 22.7 Å². The number of nitrogens with zero attached hydrogens (tertiary/aromatic N) is 2. The fraction of sp³-hybridized carbons (Fsp3) is 0.429. The quantitative estimate of drug-likeness (QED) is 0.745. The van der Waals surface area contributed by atoms with E-state index in [-0.39, 0.29) is 35.5 Å². The van der Waals surface area contributed by atoms with Crippen LogP contribution in [0.15, 0.2) is 23.2 Å². The van der Waals surface area contributed by atoms with Crippen LogP contribution in [0.4, 0.5) is 5.69 Å². The van der Waals surface area contributed by atoms with Gasteiger partial charge in [-0.3, -0.25) is 4.79 Å². The van der Waals surface area contributed by atoms with Gasteiger partial charge in [-0.05, 0) is 12.1 Å². The number of rotatable bonds is 1. The van der Waals surface area contributed by atoms with Gasteiger partial charge in [-0.1, -0.05) is 11.8 Å². The van der Waals surface area contributed by atoms with Gasteiger partial charge in [0, 0.05) is 23.9 Å². The molecule has 1 amide bonds. The molecule has 0 aliphatic carbocycles. The van der Waals surface area contributed by atoms with Crippen LogP contribution in [0.1, 0.15) is 6.92 Å². The second kappa shape index (κ2) is 5.13. The number of amides is 1. The minimum Gasteiger partial charge on any atom is -0.454 e. The summed E-state index contributed by atoms with van der Waals surface area (Å²) in [6, 6.07) is 5.19. The van der Waals surface area contributed by atoms with Gasteiger partial charge in [-0.2, -0.15) is 4.99 Å². The first-order valence-corrected chi connectivity index (χ1v) is 9.78. The molecule has 2 atom stereocenters. The zero-order valence-corrected chi connectivity index (χ0v) is 13.9. The molecule has 3 aliphatic rings. The van der Waals surface area contributed by atoms with Gasteiger partial charge in [0.05, 0.1) is 17.5 Å². The lowest BCUT2D eigenvalue weighted by Gasteiger charge is -2.24. The average molecular weight is 354 g/mol. The van der Waals surface area contributed by atoms with Gasteiger partial charge >= 0.3 is 0 Å². The molecule has 4 rings (SSSR count). The van der Waals surface area contributed by atoms with Crippen LogP contribution in [0.2, 0.25) is 0 Å². The van der Waals surface area contributed by atoms with Gasteiger partial charge in [-0.25, -0.2) is 8.42 Å². The smallest absolute Gasteiger partial charge is 0.244 e. The van der Waals surface area contributed by atoms with Crippen molar-refractivity contribution in [1.29, 1.82) is 0 Å².